The minimum Gasteiger partial charge on any atom is -0.301 e. The smallest absolute Gasteiger partial charge is 0.236 e. The second-order valence-electron chi connectivity index (χ2n) is 3.46. The second-order valence-corrected chi connectivity index (χ2v) is 6.56. The van der Waals surface area contributed by atoms with Crippen molar-refractivity contribution in [2.75, 3.05) is 11.1 Å². The summed E-state index contributed by atoms with van der Waals surface area (Å²) in [6.45, 7) is 1.44. The standard InChI is InChI=1S/C11H9BrN2O2S2/c1-6(15)17-5-10(16)14-11-13-8-3-2-7(12)4-9(8)18-11/h2-4H,5H2,1H3,(H,13,14,16). The molecule has 0 fully saturated rings. The summed E-state index contributed by atoms with van der Waals surface area (Å²) in [5.74, 6) is -0.0945. The van der Waals surface area contributed by atoms with E-state index in [9.17, 15) is 9.59 Å². The highest BCUT2D eigenvalue weighted by atomic mass is 79.9. The normalized spacial score (nSPS) is 10.6. The van der Waals surface area contributed by atoms with Crippen LogP contribution in [0.5, 0.6) is 0 Å². The largest absolute Gasteiger partial charge is 0.301 e. The summed E-state index contributed by atoms with van der Waals surface area (Å²) in [6.07, 6.45) is 0. The molecule has 0 aliphatic rings. The van der Waals surface area contributed by atoms with Gasteiger partial charge >= 0.3 is 0 Å². The summed E-state index contributed by atoms with van der Waals surface area (Å²) in [6, 6.07) is 5.74. The van der Waals surface area contributed by atoms with Crippen molar-refractivity contribution in [2.24, 2.45) is 0 Å². The van der Waals surface area contributed by atoms with Gasteiger partial charge in [0.2, 0.25) is 5.91 Å². The molecule has 0 bridgehead atoms. The van der Waals surface area contributed by atoms with Crippen LogP contribution >= 0.6 is 39.0 Å². The summed E-state index contributed by atoms with van der Waals surface area (Å²) in [5, 5.41) is 3.17. The predicted octanol–water partition coefficient (Wildman–Crippen LogP) is 3.28. The zero-order valence-electron chi connectivity index (χ0n) is 9.40. The van der Waals surface area contributed by atoms with Crippen LogP contribution in [0.25, 0.3) is 10.2 Å². The molecular formula is C11H9BrN2O2S2. The molecule has 4 nitrogen and oxygen atoms in total. The van der Waals surface area contributed by atoms with Gasteiger partial charge in [-0.1, -0.05) is 39.0 Å². The number of nitrogens with one attached hydrogen (secondary N) is 1. The number of anilines is 1. The number of thiazole rings is 1. The molecule has 94 valence electrons. The van der Waals surface area contributed by atoms with Gasteiger partial charge in [-0.05, 0) is 18.2 Å². The first-order valence-electron chi connectivity index (χ1n) is 5.04. The van der Waals surface area contributed by atoms with Crippen molar-refractivity contribution >= 4 is 65.4 Å². The molecule has 1 heterocycles. The Labute approximate surface area is 120 Å². The highest BCUT2D eigenvalue weighted by Crippen LogP contribution is 2.28. The van der Waals surface area contributed by atoms with E-state index < -0.39 is 0 Å². The molecule has 2 rings (SSSR count). The van der Waals surface area contributed by atoms with Crippen LogP contribution in [0.15, 0.2) is 22.7 Å². The van der Waals surface area contributed by atoms with Crippen LogP contribution in [0.1, 0.15) is 6.92 Å². The number of rotatable bonds is 3. The number of halogens is 1. The first kappa shape index (κ1) is 13.5. The number of hydrogen-bond acceptors (Lipinski definition) is 5. The molecule has 1 aromatic carbocycles. The number of carbonyl (C=O) groups is 2. The number of fused-ring (bicyclic) bond motifs is 1. The third-order valence-electron chi connectivity index (χ3n) is 2.00. The summed E-state index contributed by atoms with van der Waals surface area (Å²) in [4.78, 5) is 26.6. The number of amides is 1. The highest BCUT2D eigenvalue weighted by molar-refractivity contribution is 9.10. The lowest BCUT2D eigenvalue weighted by atomic mass is 10.3. The molecule has 1 N–H and O–H groups in total. The fraction of sp³-hybridized carbons (Fsp3) is 0.182. The molecule has 1 amide bonds. The third-order valence-corrected chi connectivity index (χ3v) is 4.24. The lowest BCUT2D eigenvalue weighted by Gasteiger charge is -1.98. The summed E-state index contributed by atoms with van der Waals surface area (Å²) in [7, 11) is 0. The van der Waals surface area contributed by atoms with Gasteiger partial charge in [-0.2, -0.15) is 0 Å². The maximum Gasteiger partial charge on any atom is 0.236 e. The zero-order chi connectivity index (χ0) is 13.1. The maximum absolute atomic E-state index is 11.5. The van der Waals surface area contributed by atoms with Crippen molar-refractivity contribution < 1.29 is 9.59 Å². The van der Waals surface area contributed by atoms with Crippen LogP contribution in [0.3, 0.4) is 0 Å². The van der Waals surface area contributed by atoms with Crippen molar-refractivity contribution in [1.82, 2.24) is 4.98 Å². The number of thioether (sulfide) groups is 1. The highest BCUT2D eigenvalue weighted by Gasteiger charge is 2.09. The lowest BCUT2D eigenvalue weighted by molar-refractivity contribution is -0.114. The van der Waals surface area contributed by atoms with E-state index in [0.717, 1.165) is 26.5 Å². The van der Waals surface area contributed by atoms with E-state index in [1.807, 2.05) is 18.2 Å². The molecule has 7 heteroatoms. The third kappa shape index (κ3) is 3.54. The Morgan fingerprint density at radius 2 is 2.28 bits per heavy atom. The summed E-state index contributed by atoms with van der Waals surface area (Å²) < 4.78 is 1.97. The Bertz CT molecular complexity index is 612. The number of carbonyl (C=O) groups excluding carboxylic acids is 2. The van der Waals surface area contributed by atoms with Crippen LogP contribution < -0.4 is 5.32 Å². The Morgan fingerprint density at radius 1 is 1.50 bits per heavy atom. The Hall–Kier alpha value is -0.920. The second kappa shape index (κ2) is 5.81. The van der Waals surface area contributed by atoms with Crippen molar-refractivity contribution in [3.05, 3.63) is 22.7 Å². The SMILES string of the molecule is CC(=O)SCC(=O)Nc1nc2ccc(Br)cc2s1. The van der Waals surface area contributed by atoms with Crippen molar-refractivity contribution in [3.63, 3.8) is 0 Å². The van der Waals surface area contributed by atoms with Gasteiger partial charge in [0.25, 0.3) is 0 Å². The van der Waals surface area contributed by atoms with Gasteiger partial charge in [-0.25, -0.2) is 4.98 Å². The van der Waals surface area contributed by atoms with Crippen LogP contribution in [-0.2, 0) is 9.59 Å². The van der Waals surface area contributed by atoms with E-state index in [2.05, 4.69) is 26.2 Å². The van der Waals surface area contributed by atoms with Gasteiger partial charge in [0.15, 0.2) is 10.2 Å². The molecule has 2 aromatic rings. The van der Waals surface area contributed by atoms with Gasteiger partial charge < -0.3 is 5.32 Å². The summed E-state index contributed by atoms with van der Waals surface area (Å²) >= 11 is 5.78. The quantitative estimate of drug-likeness (QED) is 0.928. The topological polar surface area (TPSA) is 59.1 Å². The van der Waals surface area contributed by atoms with Crippen LogP contribution in [0.4, 0.5) is 5.13 Å². The molecular weight excluding hydrogens is 336 g/mol. The van der Waals surface area contributed by atoms with Crippen LogP contribution in [0, 0.1) is 0 Å². The average Bonchev–Trinajstić information content (AvgIpc) is 2.67. The number of benzene rings is 1. The average molecular weight is 345 g/mol. The van der Waals surface area contributed by atoms with Crippen LogP contribution in [-0.4, -0.2) is 21.8 Å². The molecule has 0 saturated carbocycles. The molecule has 0 saturated heterocycles. The van der Waals surface area contributed by atoms with Gasteiger partial charge in [-0.3, -0.25) is 9.59 Å². The van der Waals surface area contributed by atoms with Crippen molar-refractivity contribution in [2.45, 2.75) is 6.92 Å². The van der Waals surface area contributed by atoms with Gasteiger partial charge in [0.1, 0.15) is 0 Å². The molecule has 0 unspecified atom stereocenters. The van der Waals surface area contributed by atoms with E-state index in [0.29, 0.717) is 5.13 Å². The van der Waals surface area contributed by atoms with E-state index in [1.54, 1.807) is 0 Å². The number of aromatic nitrogens is 1. The Morgan fingerprint density at radius 3 is 3.00 bits per heavy atom. The minimum atomic E-state index is -0.215. The predicted molar refractivity (Wildman–Crippen MR) is 79.1 cm³/mol. The first-order chi connectivity index (χ1) is 8.54. The minimum absolute atomic E-state index is 0.0709. The van der Waals surface area contributed by atoms with Gasteiger partial charge in [-0.15, -0.1) is 0 Å². The molecule has 0 atom stereocenters. The van der Waals surface area contributed by atoms with E-state index in [-0.39, 0.29) is 16.8 Å². The molecule has 1 aromatic heterocycles. The first-order valence-corrected chi connectivity index (χ1v) is 7.63. The monoisotopic (exact) mass is 344 g/mol. The number of nitrogens with zero attached hydrogens (tertiary/aromatic N) is 1. The van der Waals surface area contributed by atoms with E-state index in [1.165, 1.54) is 18.3 Å². The molecule has 0 spiro atoms. The fourth-order valence-corrected chi connectivity index (χ4v) is 3.11. The zero-order valence-corrected chi connectivity index (χ0v) is 12.6. The Kier molecular flexibility index (Phi) is 4.36. The lowest BCUT2D eigenvalue weighted by Crippen LogP contribution is -2.14. The van der Waals surface area contributed by atoms with Crippen LogP contribution in [0.2, 0.25) is 0 Å². The van der Waals surface area contributed by atoms with Gasteiger partial charge in [0, 0.05) is 11.4 Å². The van der Waals surface area contributed by atoms with E-state index >= 15 is 0 Å². The fourth-order valence-electron chi connectivity index (χ4n) is 1.27. The molecule has 0 aliphatic heterocycles. The Balaban J connectivity index is 2.07. The molecule has 0 aliphatic carbocycles. The molecule has 18 heavy (non-hydrogen) atoms. The summed E-state index contributed by atoms with van der Waals surface area (Å²) in [5.41, 5.74) is 0.845. The number of hydrogen-bond donors (Lipinski definition) is 1. The van der Waals surface area contributed by atoms with Crippen molar-refractivity contribution in [1.29, 1.82) is 0 Å². The maximum atomic E-state index is 11.5. The van der Waals surface area contributed by atoms with Crippen molar-refractivity contribution in [3.8, 4) is 0 Å². The van der Waals surface area contributed by atoms with E-state index in [4.69, 9.17) is 0 Å². The molecule has 0 radical (unpaired) electrons. The van der Waals surface area contributed by atoms with Gasteiger partial charge in [0.05, 0.1) is 16.0 Å².